The number of nitrogens with zero attached hydrogens (tertiary/aromatic N) is 2. The second-order valence-electron chi connectivity index (χ2n) is 5.93. The molecule has 5 nitrogen and oxygen atoms in total. The summed E-state index contributed by atoms with van der Waals surface area (Å²) in [6.07, 6.45) is 1.92. The van der Waals surface area contributed by atoms with Crippen LogP contribution in [0.4, 0.5) is 4.39 Å². The Morgan fingerprint density at radius 2 is 2.12 bits per heavy atom. The van der Waals surface area contributed by atoms with Crippen LogP contribution in [0.3, 0.4) is 0 Å². The lowest BCUT2D eigenvalue weighted by molar-refractivity contribution is -0.133. The summed E-state index contributed by atoms with van der Waals surface area (Å²) in [6.45, 7) is 1.78. The fourth-order valence-electron chi connectivity index (χ4n) is 2.98. The van der Waals surface area contributed by atoms with Gasteiger partial charge in [0.05, 0.1) is 12.0 Å². The number of aliphatic imine (C=N–C) groups is 1. The molecule has 0 aliphatic carbocycles. The van der Waals surface area contributed by atoms with Gasteiger partial charge in [0.15, 0.2) is 6.29 Å². The van der Waals surface area contributed by atoms with E-state index >= 15 is 0 Å². The maximum atomic E-state index is 13.4. The molecule has 1 N–H and O–H groups in total. The average Bonchev–Trinajstić information content (AvgIpc) is 2.61. The van der Waals surface area contributed by atoms with Crippen molar-refractivity contribution in [2.45, 2.75) is 19.0 Å². The number of hydrogen-bond acceptors (Lipinski definition) is 5. The van der Waals surface area contributed by atoms with Crippen molar-refractivity contribution in [1.29, 1.82) is 0 Å². The molecular formula is C18H14BrClFN3O2. The molecule has 3 atom stereocenters. The number of aromatic nitrogens is 1. The smallest absolute Gasteiger partial charge is 0.202 e. The van der Waals surface area contributed by atoms with Crippen LogP contribution in [0.2, 0.25) is 5.02 Å². The molecule has 2 aromatic rings. The number of ketones is 1. The number of nitrogens with one attached hydrogen (secondary N) is 1. The van der Waals surface area contributed by atoms with Crippen LogP contribution in [0.25, 0.3) is 0 Å². The fraction of sp³-hybridized carbons (Fsp3) is 0.222. The van der Waals surface area contributed by atoms with E-state index in [0.717, 1.165) is 4.47 Å². The van der Waals surface area contributed by atoms with Crippen molar-refractivity contribution in [2.75, 3.05) is 0 Å². The zero-order chi connectivity index (χ0) is 18.8. The summed E-state index contributed by atoms with van der Waals surface area (Å²) in [7, 11) is 0. The molecule has 0 saturated heterocycles. The van der Waals surface area contributed by atoms with Crippen molar-refractivity contribution < 1.29 is 14.0 Å². The van der Waals surface area contributed by atoms with Crippen LogP contribution in [-0.4, -0.2) is 28.9 Å². The van der Waals surface area contributed by atoms with E-state index in [9.17, 15) is 14.0 Å². The first-order chi connectivity index (χ1) is 12.4. The van der Waals surface area contributed by atoms with Gasteiger partial charge in [-0.3, -0.25) is 19.6 Å². The third-order valence-corrected chi connectivity index (χ3v) is 5.00. The lowest BCUT2D eigenvalue weighted by atomic mass is 9.83. The SMILES string of the molecule is CC1NC(c2ccc(Br)cn2)=NC(c2ccc(F)cc2Cl)C1C(=O)C=O. The van der Waals surface area contributed by atoms with Crippen LogP contribution in [0.5, 0.6) is 0 Å². The Balaban J connectivity index is 2.12. The molecule has 134 valence electrons. The normalized spacial score (nSPS) is 22.3. The van der Waals surface area contributed by atoms with Gasteiger partial charge in [-0.05, 0) is 52.7 Å². The Labute approximate surface area is 162 Å². The zero-order valence-electron chi connectivity index (χ0n) is 13.6. The number of carbonyl (C=O) groups is 2. The minimum Gasteiger partial charge on any atom is -0.365 e. The Hall–Kier alpha value is -2.12. The molecule has 1 aromatic carbocycles. The highest BCUT2D eigenvalue weighted by atomic mass is 79.9. The van der Waals surface area contributed by atoms with Gasteiger partial charge in [-0.15, -0.1) is 0 Å². The van der Waals surface area contributed by atoms with E-state index in [1.807, 2.05) is 6.07 Å². The summed E-state index contributed by atoms with van der Waals surface area (Å²) in [4.78, 5) is 32.2. The number of carbonyl (C=O) groups excluding carboxylic acids is 2. The Morgan fingerprint density at radius 1 is 1.35 bits per heavy atom. The fourth-order valence-corrected chi connectivity index (χ4v) is 3.49. The van der Waals surface area contributed by atoms with E-state index in [2.05, 4.69) is 31.2 Å². The number of benzene rings is 1. The molecule has 26 heavy (non-hydrogen) atoms. The van der Waals surface area contributed by atoms with Crippen LogP contribution in [0, 0.1) is 11.7 Å². The van der Waals surface area contributed by atoms with Gasteiger partial charge in [-0.25, -0.2) is 4.39 Å². The molecule has 3 unspecified atom stereocenters. The Morgan fingerprint density at radius 3 is 2.73 bits per heavy atom. The van der Waals surface area contributed by atoms with Crippen molar-refractivity contribution in [3.8, 4) is 0 Å². The lowest BCUT2D eigenvalue weighted by Gasteiger charge is -2.34. The van der Waals surface area contributed by atoms with E-state index in [0.29, 0.717) is 17.1 Å². The largest absolute Gasteiger partial charge is 0.365 e. The maximum absolute atomic E-state index is 13.4. The summed E-state index contributed by atoms with van der Waals surface area (Å²) in [5.41, 5.74) is 1.07. The number of amidine groups is 1. The Kier molecular flexibility index (Phi) is 5.48. The average molecular weight is 439 g/mol. The minimum absolute atomic E-state index is 0.152. The van der Waals surface area contributed by atoms with Crippen LogP contribution in [0.1, 0.15) is 24.2 Å². The van der Waals surface area contributed by atoms with Gasteiger partial charge >= 0.3 is 0 Å². The molecule has 1 aliphatic rings. The van der Waals surface area contributed by atoms with Crippen LogP contribution < -0.4 is 5.32 Å². The first-order valence-electron chi connectivity index (χ1n) is 7.81. The highest BCUT2D eigenvalue weighted by molar-refractivity contribution is 9.10. The lowest BCUT2D eigenvalue weighted by Crippen LogP contribution is -2.48. The minimum atomic E-state index is -0.755. The van der Waals surface area contributed by atoms with E-state index in [-0.39, 0.29) is 11.3 Å². The predicted molar refractivity (Wildman–Crippen MR) is 99.8 cm³/mol. The number of rotatable bonds is 4. The van der Waals surface area contributed by atoms with Crippen molar-refractivity contribution in [3.05, 3.63) is 63.1 Å². The summed E-state index contributed by atoms with van der Waals surface area (Å²) < 4.78 is 14.2. The maximum Gasteiger partial charge on any atom is 0.202 e. The van der Waals surface area contributed by atoms with Crippen LogP contribution in [0.15, 0.2) is 46.0 Å². The molecule has 0 fully saturated rings. The molecule has 0 bridgehead atoms. The number of hydrogen-bond donors (Lipinski definition) is 1. The summed E-state index contributed by atoms with van der Waals surface area (Å²) in [6, 6.07) is 6.38. The monoisotopic (exact) mass is 437 g/mol. The first kappa shape index (κ1) is 18.7. The highest BCUT2D eigenvalue weighted by Crippen LogP contribution is 2.36. The topological polar surface area (TPSA) is 71.4 Å². The molecule has 8 heteroatoms. The van der Waals surface area contributed by atoms with E-state index in [1.54, 1.807) is 19.2 Å². The van der Waals surface area contributed by atoms with Crippen molar-refractivity contribution in [3.63, 3.8) is 0 Å². The third-order valence-electron chi connectivity index (χ3n) is 4.21. The first-order valence-corrected chi connectivity index (χ1v) is 8.98. The number of aldehydes is 1. The van der Waals surface area contributed by atoms with Gasteiger partial charge in [0, 0.05) is 21.7 Å². The third kappa shape index (κ3) is 3.68. The van der Waals surface area contributed by atoms with Gasteiger partial charge < -0.3 is 5.32 Å². The molecule has 0 spiro atoms. The summed E-state index contributed by atoms with van der Waals surface area (Å²) in [5.74, 6) is -1.36. The summed E-state index contributed by atoms with van der Waals surface area (Å²) in [5, 5.41) is 3.28. The number of Topliss-reactive ketones (excluding diaryl/α,β-unsaturated/α-hetero) is 1. The van der Waals surface area contributed by atoms with Gasteiger partial charge in [0.1, 0.15) is 17.3 Å². The Bertz CT molecular complexity index is 889. The van der Waals surface area contributed by atoms with Crippen molar-refractivity contribution in [2.24, 2.45) is 10.9 Å². The van der Waals surface area contributed by atoms with Gasteiger partial charge in [0.25, 0.3) is 0 Å². The molecule has 0 amide bonds. The number of pyridine rings is 1. The molecule has 1 aliphatic heterocycles. The van der Waals surface area contributed by atoms with Gasteiger partial charge in [-0.2, -0.15) is 0 Å². The number of halogens is 3. The van der Waals surface area contributed by atoms with Crippen molar-refractivity contribution in [1.82, 2.24) is 10.3 Å². The zero-order valence-corrected chi connectivity index (χ0v) is 16.0. The molecule has 2 heterocycles. The predicted octanol–water partition coefficient (Wildman–Crippen LogP) is 3.50. The van der Waals surface area contributed by atoms with E-state index < -0.39 is 29.6 Å². The molecule has 3 rings (SSSR count). The second kappa shape index (κ2) is 7.63. The molecule has 1 aromatic heterocycles. The highest BCUT2D eigenvalue weighted by Gasteiger charge is 2.39. The van der Waals surface area contributed by atoms with Crippen molar-refractivity contribution >= 4 is 45.4 Å². The van der Waals surface area contributed by atoms with Crippen LogP contribution >= 0.6 is 27.5 Å². The molecule has 0 radical (unpaired) electrons. The standard InChI is InChI=1S/C18H14BrClFN3O2/c1-9-16(15(26)8-25)17(12-4-3-11(21)6-13(12)20)24-18(23-9)14-5-2-10(19)7-22-14/h2-9,16-17H,1H3,(H,23,24). The molecule has 0 saturated carbocycles. The van der Waals surface area contributed by atoms with Crippen LogP contribution in [-0.2, 0) is 9.59 Å². The van der Waals surface area contributed by atoms with E-state index in [4.69, 9.17) is 11.6 Å². The summed E-state index contributed by atoms with van der Waals surface area (Å²) >= 11 is 9.51. The molecular weight excluding hydrogens is 425 g/mol. The van der Waals surface area contributed by atoms with E-state index in [1.165, 1.54) is 18.2 Å². The van der Waals surface area contributed by atoms with Gasteiger partial charge in [0.2, 0.25) is 5.78 Å². The van der Waals surface area contributed by atoms with Gasteiger partial charge in [-0.1, -0.05) is 17.7 Å². The second-order valence-corrected chi connectivity index (χ2v) is 7.25. The quantitative estimate of drug-likeness (QED) is 0.586.